The van der Waals surface area contributed by atoms with Crippen LogP contribution >= 0.6 is 0 Å². The van der Waals surface area contributed by atoms with E-state index in [0.717, 1.165) is 52.6 Å². The summed E-state index contributed by atoms with van der Waals surface area (Å²) in [4.78, 5) is 23.6. The molecule has 2 aromatic rings. The minimum atomic E-state index is 0.106. The van der Waals surface area contributed by atoms with Crippen molar-refractivity contribution in [2.45, 2.75) is 74.7 Å². The first-order valence-electron chi connectivity index (χ1n) is 10.2. The zero-order valence-corrected chi connectivity index (χ0v) is 18.4. The molecule has 0 unspecified atom stereocenters. The molecule has 148 valence electrons. The van der Waals surface area contributed by atoms with Gasteiger partial charge in [-0.25, -0.2) is 0 Å². The Morgan fingerprint density at radius 1 is 0.667 bits per heavy atom. The lowest BCUT2D eigenvalue weighted by Crippen LogP contribution is -2.03. The molecule has 0 amide bonds. The van der Waals surface area contributed by atoms with Gasteiger partial charge in [-0.05, 0) is 67.5 Å². The highest BCUT2D eigenvalue weighted by molar-refractivity contribution is 5.96. The Balaban J connectivity index is 0.00000158. The molecule has 0 fully saturated rings. The summed E-state index contributed by atoms with van der Waals surface area (Å²) >= 11 is 0. The van der Waals surface area contributed by atoms with Crippen LogP contribution in [0.1, 0.15) is 98.4 Å². The minimum absolute atomic E-state index is 0.106. The third kappa shape index (κ3) is 7.13. The lowest BCUT2D eigenvalue weighted by molar-refractivity contribution is 0.100. The molecule has 0 N–H and O–H groups in total. The first kappa shape index (κ1) is 24.8. The van der Waals surface area contributed by atoms with Gasteiger partial charge in [0.05, 0.1) is 0 Å². The van der Waals surface area contributed by atoms with Gasteiger partial charge in [-0.15, -0.1) is 0 Å². The van der Waals surface area contributed by atoms with E-state index in [4.69, 9.17) is 0 Å². The van der Waals surface area contributed by atoms with Crippen LogP contribution in [0.3, 0.4) is 0 Å². The van der Waals surface area contributed by atoms with Crippen molar-refractivity contribution in [3.63, 3.8) is 0 Å². The van der Waals surface area contributed by atoms with Gasteiger partial charge in [-0.3, -0.25) is 9.59 Å². The fourth-order valence-electron chi connectivity index (χ4n) is 2.97. The normalized spacial score (nSPS) is 9.48. The second-order valence-electron chi connectivity index (χ2n) is 5.98. The molecule has 0 aromatic heterocycles. The van der Waals surface area contributed by atoms with Gasteiger partial charge in [0.25, 0.3) is 0 Å². The van der Waals surface area contributed by atoms with Crippen LogP contribution in [0, 0.1) is 0 Å². The van der Waals surface area contributed by atoms with Crippen LogP contribution in [-0.4, -0.2) is 11.6 Å². The number of hydrogen-bond donors (Lipinski definition) is 0. The van der Waals surface area contributed by atoms with Gasteiger partial charge in [0.1, 0.15) is 0 Å². The molecule has 0 aliphatic carbocycles. The number of Topliss-reactive ketones (excluding diaryl/α,β-unsaturated/α-hetero) is 2. The maximum atomic E-state index is 11.8. The summed E-state index contributed by atoms with van der Waals surface area (Å²) in [7, 11) is 0. The van der Waals surface area contributed by atoms with Crippen molar-refractivity contribution >= 4 is 11.6 Å². The van der Waals surface area contributed by atoms with E-state index >= 15 is 0 Å². The van der Waals surface area contributed by atoms with Crippen LogP contribution in [0.25, 0.3) is 0 Å². The summed E-state index contributed by atoms with van der Waals surface area (Å²) in [6.07, 6.45) is 2.44. The van der Waals surface area contributed by atoms with E-state index in [1.807, 2.05) is 52.0 Å². The fraction of sp³-hybridized carbons (Fsp3) is 0.440. The molecular formula is C25H36O2. The number of rotatable bonds is 6. The van der Waals surface area contributed by atoms with Crippen LogP contribution in [0.15, 0.2) is 36.4 Å². The van der Waals surface area contributed by atoms with Crippen molar-refractivity contribution in [2.24, 2.45) is 0 Å². The Labute approximate surface area is 166 Å². The number of ketones is 2. The van der Waals surface area contributed by atoms with Gasteiger partial charge < -0.3 is 0 Å². The molecule has 0 atom stereocenters. The fourth-order valence-corrected chi connectivity index (χ4v) is 2.97. The lowest BCUT2D eigenvalue weighted by Gasteiger charge is -2.11. The van der Waals surface area contributed by atoms with Crippen molar-refractivity contribution in [1.29, 1.82) is 0 Å². The van der Waals surface area contributed by atoms with Crippen molar-refractivity contribution < 1.29 is 9.59 Å². The van der Waals surface area contributed by atoms with Crippen molar-refractivity contribution in [3.05, 3.63) is 69.8 Å². The molecule has 0 bridgehead atoms. The minimum Gasteiger partial charge on any atom is -0.295 e. The quantitative estimate of drug-likeness (QED) is 0.522. The van der Waals surface area contributed by atoms with E-state index in [1.165, 1.54) is 0 Å². The summed E-state index contributed by atoms with van der Waals surface area (Å²) in [6.45, 7) is 15.3. The highest BCUT2D eigenvalue weighted by atomic mass is 16.1. The highest BCUT2D eigenvalue weighted by Crippen LogP contribution is 2.19. The van der Waals surface area contributed by atoms with Crippen molar-refractivity contribution in [2.75, 3.05) is 0 Å². The number of aryl methyl sites for hydroxylation is 2. The smallest absolute Gasteiger partial charge is 0.160 e. The average Bonchev–Trinajstić information content (AvgIpc) is 2.70. The summed E-state index contributed by atoms with van der Waals surface area (Å²) in [6, 6.07) is 12.2. The maximum absolute atomic E-state index is 11.8. The molecule has 0 heterocycles. The molecule has 0 saturated carbocycles. The van der Waals surface area contributed by atoms with Gasteiger partial charge >= 0.3 is 0 Å². The van der Waals surface area contributed by atoms with E-state index in [0.29, 0.717) is 0 Å². The predicted molar refractivity (Wildman–Crippen MR) is 117 cm³/mol. The largest absolute Gasteiger partial charge is 0.295 e. The summed E-state index contributed by atoms with van der Waals surface area (Å²) in [5.74, 6) is 0.212. The summed E-state index contributed by atoms with van der Waals surface area (Å²) in [5.41, 5.74) is 6.00. The third-order valence-corrected chi connectivity index (χ3v) is 4.28. The Hall–Kier alpha value is -2.22. The Kier molecular flexibility index (Phi) is 12.0. The zero-order valence-electron chi connectivity index (χ0n) is 18.4. The third-order valence-electron chi connectivity index (χ3n) is 4.28. The molecular weight excluding hydrogens is 332 g/mol. The molecule has 27 heavy (non-hydrogen) atoms. The molecule has 2 aromatic carbocycles. The predicted octanol–water partition coefficient (Wildman–Crippen LogP) is 6.86. The van der Waals surface area contributed by atoms with Crippen LogP contribution < -0.4 is 0 Å². The number of carbonyl (C=O) groups is 2. The standard InChI is InChI=1S/C21H24O2.2C2H6/c1-5-18-9-7-16(12-20(18)14(3)22)11-17-8-10-19(6-2)21(13-17)15(4)23;2*1-2/h7-10,12-13H,5-6,11H2,1-4H3;2*1-2H3. The summed E-state index contributed by atoms with van der Waals surface area (Å²) in [5, 5.41) is 0. The molecule has 0 radical (unpaired) electrons. The second-order valence-corrected chi connectivity index (χ2v) is 5.98. The Morgan fingerprint density at radius 2 is 1.00 bits per heavy atom. The van der Waals surface area contributed by atoms with Gasteiger partial charge in [0, 0.05) is 11.1 Å². The van der Waals surface area contributed by atoms with Gasteiger partial charge in [-0.2, -0.15) is 0 Å². The first-order chi connectivity index (χ1) is 13.0. The van der Waals surface area contributed by atoms with E-state index in [2.05, 4.69) is 26.0 Å². The Bertz CT molecular complexity index is 678. The van der Waals surface area contributed by atoms with Crippen LogP contribution in [-0.2, 0) is 19.3 Å². The lowest BCUT2D eigenvalue weighted by atomic mass is 9.93. The first-order valence-corrected chi connectivity index (χ1v) is 10.2. The molecule has 0 saturated heterocycles. The maximum Gasteiger partial charge on any atom is 0.160 e. The van der Waals surface area contributed by atoms with Crippen molar-refractivity contribution in [3.8, 4) is 0 Å². The van der Waals surface area contributed by atoms with Crippen LogP contribution in [0.5, 0.6) is 0 Å². The Morgan fingerprint density at radius 3 is 1.26 bits per heavy atom. The summed E-state index contributed by atoms with van der Waals surface area (Å²) < 4.78 is 0. The molecule has 2 nitrogen and oxygen atoms in total. The van der Waals surface area contributed by atoms with Crippen LogP contribution in [0.4, 0.5) is 0 Å². The highest BCUT2D eigenvalue weighted by Gasteiger charge is 2.10. The van der Waals surface area contributed by atoms with E-state index in [1.54, 1.807) is 13.8 Å². The topological polar surface area (TPSA) is 34.1 Å². The molecule has 0 aliphatic rings. The molecule has 2 rings (SSSR count). The zero-order chi connectivity index (χ0) is 21.0. The second kappa shape index (κ2) is 13.0. The van der Waals surface area contributed by atoms with Crippen LogP contribution in [0.2, 0.25) is 0 Å². The van der Waals surface area contributed by atoms with Gasteiger partial charge in [0.2, 0.25) is 0 Å². The van der Waals surface area contributed by atoms with Crippen molar-refractivity contribution in [1.82, 2.24) is 0 Å². The molecule has 2 heteroatoms. The number of benzene rings is 2. The number of hydrogen-bond acceptors (Lipinski definition) is 2. The molecule has 0 aliphatic heterocycles. The van der Waals surface area contributed by atoms with E-state index < -0.39 is 0 Å². The van der Waals surface area contributed by atoms with E-state index in [-0.39, 0.29) is 11.6 Å². The monoisotopic (exact) mass is 368 g/mol. The average molecular weight is 369 g/mol. The number of carbonyl (C=O) groups excluding carboxylic acids is 2. The SMILES string of the molecule is CC.CC.CCc1ccc(Cc2ccc(CC)c(C(C)=O)c2)cc1C(C)=O. The van der Waals surface area contributed by atoms with E-state index in [9.17, 15) is 9.59 Å². The van der Waals surface area contributed by atoms with Gasteiger partial charge in [0.15, 0.2) is 11.6 Å². The molecule has 0 spiro atoms. The van der Waals surface area contributed by atoms with Gasteiger partial charge in [-0.1, -0.05) is 65.8 Å².